The monoisotopic (exact) mass is 302 g/mol. The average Bonchev–Trinajstić information content (AvgIpc) is 2.62. The predicted octanol–water partition coefficient (Wildman–Crippen LogP) is 2.47. The average molecular weight is 303 g/mol. The van der Waals surface area contributed by atoms with Crippen LogP contribution in [0.15, 0.2) is 22.8 Å². The first-order valence-corrected chi connectivity index (χ1v) is 5.59. The fraction of sp³-hybridized carbons (Fsp3) is 0.200. The van der Waals surface area contributed by atoms with Gasteiger partial charge in [-0.2, -0.15) is 0 Å². The minimum atomic E-state index is -0.652. The normalized spacial score (nSPS) is 10.6. The van der Waals surface area contributed by atoms with Gasteiger partial charge in [0.25, 0.3) is 0 Å². The number of benzene rings is 1. The molecule has 0 atom stereocenters. The van der Waals surface area contributed by atoms with Crippen LogP contribution in [0, 0.1) is 11.6 Å². The number of aryl methyl sites for hydroxylation is 1. The summed E-state index contributed by atoms with van der Waals surface area (Å²) >= 11 is 3.01. The van der Waals surface area contributed by atoms with Gasteiger partial charge in [0.15, 0.2) is 0 Å². The Morgan fingerprint density at radius 3 is 2.53 bits per heavy atom. The molecule has 1 aromatic carbocycles. The molecule has 0 aliphatic rings. The van der Waals surface area contributed by atoms with Crippen molar-refractivity contribution in [1.82, 2.24) is 15.0 Å². The molecule has 0 aliphatic heterocycles. The van der Waals surface area contributed by atoms with Crippen molar-refractivity contribution in [1.29, 1.82) is 0 Å². The van der Waals surface area contributed by atoms with E-state index in [4.69, 9.17) is 0 Å². The number of anilines is 1. The van der Waals surface area contributed by atoms with Crippen LogP contribution >= 0.6 is 15.9 Å². The summed E-state index contributed by atoms with van der Waals surface area (Å²) in [6.45, 7) is 0.212. The van der Waals surface area contributed by atoms with Gasteiger partial charge in [0.05, 0.1) is 6.54 Å². The third-order valence-electron chi connectivity index (χ3n) is 2.10. The summed E-state index contributed by atoms with van der Waals surface area (Å²) < 4.78 is 28.8. The fourth-order valence-corrected chi connectivity index (χ4v) is 1.77. The molecule has 0 saturated carbocycles. The van der Waals surface area contributed by atoms with E-state index in [2.05, 4.69) is 31.6 Å². The first-order chi connectivity index (χ1) is 8.06. The molecule has 0 saturated heterocycles. The van der Waals surface area contributed by atoms with Crippen molar-refractivity contribution in [3.8, 4) is 0 Å². The van der Waals surface area contributed by atoms with Crippen molar-refractivity contribution in [2.24, 2.45) is 7.05 Å². The maximum atomic E-state index is 13.4. The maximum absolute atomic E-state index is 13.4. The summed E-state index contributed by atoms with van der Waals surface area (Å²) in [5.74, 6) is -1.30. The minimum Gasteiger partial charge on any atom is -0.375 e. The van der Waals surface area contributed by atoms with Crippen molar-refractivity contribution in [3.63, 3.8) is 0 Å². The molecule has 2 aromatic rings. The molecule has 90 valence electrons. The van der Waals surface area contributed by atoms with E-state index in [-0.39, 0.29) is 12.2 Å². The highest BCUT2D eigenvalue weighted by molar-refractivity contribution is 9.10. The topological polar surface area (TPSA) is 42.7 Å². The Balaban J connectivity index is 2.14. The molecule has 17 heavy (non-hydrogen) atoms. The van der Waals surface area contributed by atoms with E-state index >= 15 is 0 Å². The highest BCUT2D eigenvalue weighted by atomic mass is 79.9. The largest absolute Gasteiger partial charge is 0.375 e. The van der Waals surface area contributed by atoms with E-state index in [1.807, 2.05) is 0 Å². The number of halogens is 3. The van der Waals surface area contributed by atoms with Gasteiger partial charge in [-0.3, -0.25) is 4.68 Å². The molecule has 0 spiro atoms. The molecular weight excluding hydrogens is 294 g/mol. The summed E-state index contributed by atoms with van der Waals surface area (Å²) in [7, 11) is 1.72. The number of rotatable bonds is 3. The molecular formula is C10H9BrF2N4. The number of hydrogen-bond acceptors (Lipinski definition) is 3. The molecule has 0 unspecified atom stereocenters. The van der Waals surface area contributed by atoms with Crippen LogP contribution in [0.3, 0.4) is 0 Å². The number of aromatic nitrogens is 3. The lowest BCUT2D eigenvalue weighted by atomic mass is 10.3. The quantitative estimate of drug-likeness (QED) is 0.947. The first-order valence-electron chi connectivity index (χ1n) is 4.80. The van der Waals surface area contributed by atoms with E-state index in [0.717, 1.165) is 0 Å². The second-order valence-electron chi connectivity index (χ2n) is 3.48. The first kappa shape index (κ1) is 12.0. The van der Waals surface area contributed by atoms with E-state index in [1.54, 1.807) is 13.2 Å². The Bertz CT molecular complexity index is 518. The Morgan fingerprint density at radius 2 is 2.00 bits per heavy atom. The molecule has 0 radical (unpaired) electrons. The molecule has 0 fully saturated rings. The second-order valence-corrected chi connectivity index (χ2v) is 4.40. The van der Waals surface area contributed by atoms with Crippen LogP contribution in [-0.2, 0) is 13.6 Å². The van der Waals surface area contributed by atoms with Gasteiger partial charge in [0.1, 0.15) is 23.0 Å². The van der Waals surface area contributed by atoms with Crippen molar-refractivity contribution >= 4 is 21.6 Å². The van der Waals surface area contributed by atoms with Gasteiger partial charge in [-0.1, -0.05) is 21.1 Å². The van der Waals surface area contributed by atoms with E-state index in [0.29, 0.717) is 10.2 Å². The smallest absolute Gasteiger partial charge is 0.150 e. The van der Waals surface area contributed by atoms with Crippen LogP contribution in [0.1, 0.15) is 5.69 Å². The van der Waals surface area contributed by atoms with Crippen molar-refractivity contribution < 1.29 is 8.78 Å². The highest BCUT2D eigenvalue weighted by Gasteiger charge is 2.10. The summed E-state index contributed by atoms with van der Waals surface area (Å²) in [6, 6.07) is 2.39. The molecule has 2 rings (SSSR count). The van der Waals surface area contributed by atoms with E-state index in [9.17, 15) is 8.78 Å². The Kier molecular flexibility index (Phi) is 3.37. The lowest BCUT2D eigenvalue weighted by Gasteiger charge is -2.07. The van der Waals surface area contributed by atoms with Crippen molar-refractivity contribution in [2.75, 3.05) is 5.32 Å². The molecule has 1 aromatic heterocycles. The van der Waals surface area contributed by atoms with Crippen molar-refractivity contribution in [3.05, 3.63) is 40.1 Å². The minimum absolute atomic E-state index is 0.168. The van der Waals surface area contributed by atoms with Gasteiger partial charge < -0.3 is 5.32 Å². The van der Waals surface area contributed by atoms with E-state index < -0.39 is 11.6 Å². The van der Waals surface area contributed by atoms with Crippen LogP contribution < -0.4 is 5.32 Å². The molecule has 0 aliphatic carbocycles. The van der Waals surface area contributed by atoms with Gasteiger partial charge in [0, 0.05) is 17.7 Å². The van der Waals surface area contributed by atoms with Gasteiger partial charge in [-0.05, 0) is 12.1 Å². The predicted molar refractivity (Wildman–Crippen MR) is 62.4 cm³/mol. The zero-order valence-corrected chi connectivity index (χ0v) is 10.5. The van der Waals surface area contributed by atoms with Crippen LogP contribution in [0.25, 0.3) is 0 Å². The molecule has 1 heterocycles. The molecule has 1 N–H and O–H groups in total. The van der Waals surface area contributed by atoms with E-state index in [1.165, 1.54) is 16.8 Å². The third-order valence-corrected chi connectivity index (χ3v) is 2.56. The van der Waals surface area contributed by atoms with Crippen LogP contribution in [0.5, 0.6) is 0 Å². The molecule has 7 heteroatoms. The number of hydrogen-bond donors (Lipinski definition) is 1. The number of nitrogens with one attached hydrogen (secondary N) is 1. The van der Waals surface area contributed by atoms with Crippen LogP contribution in [0.4, 0.5) is 14.5 Å². The lowest BCUT2D eigenvalue weighted by Crippen LogP contribution is -2.04. The summed E-state index contributed by atoms with van der Waals surface area (Å²) in [5.41, 5.74) is 0.438. The summed E-state index contributed by atoms with van der Waals surface area (Å²) in [5, 5.41) is 10.2. The van der Waals surface area contributed by atoms with Gasteiger partial charge in [-0.25, -0.2) is 8.78 Å². The molecule has 0 bridgehead atoms. The Hall–Kier alpha value is -1.50. The SMILES string of the molecule is Cn1cc(CNc2c(F)cc(Br)cc2F)nn1. The van der Waals surface area contributed by atoms with Crippen LogP contribution in [-0.4, -0.2) is 15.0 Å². The Labute approximate surface area is 105 Å². The maximum Gasteiger partial charge on any atom is 0.150 e. The van der Waals surface area contributed by atoms with Gasteiger partial charge >= 0.3 is 0 Å². The van der Waals surface area contributed by atoms with Crippen molar-refractivity contribution in [2.45, 2.75) is 6.54 Å². The Morgan fingerprint density at radius 1 is 1.35 bits per heavy atom. The molecule has 4 nitrogen and oxygen atoms in total. The zero-order chi connectivity index (χ0) is 12.4. The van der Waals surface area contributed by atoms with Gasteiger partial charge in [-0.15, -0.1) is 5.10 Å². The second kappa shape index (κ2) is 4.79. The number of nitrogens with zero attached hydrogens (tertiary/aromatic N) is 3. The fourth-order valence-electron chi connectivity index (χ4n) is 1.37. The summed E-state index contributed by atoms with van der Waals surface area (Å²) in [6.07, 6.45) is 1.67. The third kappa shape index (κ3) is 2.79. The highest BCUT2D eigenvalue weighted by Crippen LogP contribution is 2.23. The zero-order valence-electron chi connectivity index (χ0n) is 8.91. The molecule has 0 amide bonds. The van der Waals surface area contributed by atoms with Crippen LogP contribution in [0.2, 0.25) is 0 Å². The lowest BCUT2D eigenvalue weighted by molar-refractivity contribution is 0.586. The standard InChI is InChI=1S/C10H9BrF2N4/c1-17-5-7(15-16-17)4-14-10-8(12)2-6(11)3-9(10)13/h2-3,5,14H,4H2,1H3. The summed E-state index contributed by atoms with van der Waals surface area (Å²) in [4.78, 5) is 0. The van der Waals surface area contributed by atoms with Gasteiger partial charge in [0.2, 0.25) is 0 Å².